The highest BCUT2D eigenvalue weighted by Gasteiger charge is 2.49. The quantitative estimate of drug-likeness (QED) is 0.851. The van der Waals surface area contributed by atoms with Gasteiger partial charge in [0.2, 0.25) is 5.91 Å². The number of carbonyl (C=O) groups excluding carboxylic acids is 1. The Kier molecular flexibility index (Phi) is 3.79. The molecule has 5 heteroatoms. The van der Waals surface area contributed by atoms with Crippen LogP contribution in [0.1, 0.15) is 19.8 Å². The second kappa shape index (κ2) is 5.02. The minimum atomic E-state index is -0.853. The van der Waals surface area contributed by atoms with Crippen LogP contribution in [0, 0.1) is 22.7 Å². The van der Waals surface area contributed by atoms with E-state index in [2.05, 4.69) is 50.2 Å². The smallest absolute Gasteiger partial charge is 0.244 e. The molecule has 1 aromatic carbocycles. The molecule has 1 aliphatic rings. The molecule has 94 valence electrons. The van der Waals surface area contributed by atoms with Crippen molar-refractivity contribution in [1.82, 2.24) is 0 Å². The summed E-state index contributed by atoms with van der Waals surface area (Å²) >= 11 is 6.78. The first-order valence-corrected chi connectivity index (χ1v) is 7.24. The van der Waals surface area contributed by atoms with Gasteiger partial charge < -0.3 is 5.32 Å². The van der Waals surface area contributed by atoms with Gasteiger partial charge in [-0.05, 0) is 62.8 Å². The van der Waals surface area contributed by atoms with Crippen molar-refractivity contribution >= 4 is 43.5 Å². The number of benzene rings is 1. The van der Waals surface area contributed by atoms with Gasteiger partial charge in [0.1, 0.15) is 5.41 Å². The number of anilines is 1. The van der Waals surface area contributed by atoms with E-state index in [0.717, 1.165) is 8.95 Å². The first kappa shape index (κ1) is 13.6. The molecule has 3 nitrogen and oxygen atoms in total. The van der Waals surface area contributed by atoms with Crippen molar-refractivity contribution in [2.75, 3.05) is 5.32 Å². The highest BCUT2D eigenvalue weighted by atomic mass is 79.9. The number of hydrogen-bond donors (Lipinski definition) is 1. The van der Waals surface area contributed by atoms with Gasteiger partial charge in [-0.25, -0.2) is 0 Å². The van der Waals surface area contributed by atoms with E-state index in [-0.39, 0.29) is 5.91 Å². The van der Waals surface area contributed by atoms with E-state index in [1.165, 1.54) is 0 Å². The van der Waals surface area contributed by atoms with Gasteiger partial charge in [0, 0.05) is 8.95 Å². The summed E-state index contributed by atoms with van der Waals surface area (Å²) in [5, 5.41) is 12.0. The zero-order chi connectivity index (χ0) is 13.3. The van der Waals surface area contributed by atoms with E-state index in [4.69, 9.17) is 0 Å². The lowest BCUT2D eigenvalue weighted by Gasteiger charge is -2.39. The molecule has 0 aliphatic heterocycles. The third kappa shape index (κ3) is 2.32. The zero-order valence-electron chi connectivity index (χ0n) is 9.84. The molecule has 1 fully saturated rings. The summed E-state index contributed by atoms with van der Waals surface area (Å²) in [6, 6.07) is 7.73. The zero-order valence-corrected chi connectivity index (χ0v) is 13.0. The van der Waals surface area contributed by atoms with Gasteiger partial charge in [-0.15, -0.1) is 0 Å². The summed E-state index contributed by atoms with van der Waals surface area (Å²) in [6.07, 6.45) is 1.27. The maximum atomic E-state index is 12.2. The van der Waals surface area contributed by atoms with Crippen LogP contribution in [0.2, 0.25) is 0 Å². The van der Waals surface area contributed by atoms with Crippen molar-refractivity contribution in [2.45, 2.75) is 19.8 Å². The van der Waals surface area contributed by atoms with Crippen LogP contribution in [0.15, 0.2) is 27.1 Å². The molecule has 0 heterocycles. The monoisotopic (exact) mass is 370 g/mol. The highest BCUT2D eigenvalue weighted by molar-refractivity contribution is 9.11. The number of rotatable bonds is 2. The molecule has 18 heavy (non-hydrogen) atoms. The van der Waals surface area contributed by atoms with Crippen molar-refractivity contribution in [2.24, 2.45) is 11.3 Å². The van der Waals surface area contributed by atoms with Gasteiger partial charge in [0.15, 0.2) is 0 Å². The summed E-state index contributed by atoms with van der Waals surface area (Å²) in [7, 11) is 0. The number of nitrogens with one attached hydrogen (secondary N) is 1. The number of carbonyl (C=O) groups is 1. The molecule has 1 aliphatic carbocycles. The first-order chi connectivity index (χ1) is 8.48. The molecule has 0 bridgehead atoms. The highest BCUT2D eigenvalue weighted by Crippen LogP contribution is 2.46. The van der Waals surface area contributed by atoms with Crippen LogP contribution in [-0.2, 0) is 4.79 Å². The van der Waals surface area contributed by atoms with Crippen molar-refractivity contribution in [3.05, 3.63) is 27.1 Å². The molecule has 1 saturated carbocycles. The van der Waals surface area contributed by atoms with Crippen molar-refractivity contribution in [3.63, 3.8) is 0 Å². The number of halogens is 2. The second-order valence-corrected chi connectivity index (χ2v) is 6.47. The van der Waals surface area contributed by atoms with Crippen LogP contribution < -0.4 is 5.32 Å². The molecule has 0 radical (unpaired) electrons. The molecule has 1 amide bonds. The number of para-hydroxylation sites is 1. The number of nitrogens with zero attached hydrogens (tertiary/aromatic N) is 1. The van der Waals surface area contributed by atoms with E-state index in [9.17, 15) is 10.1 Å². The van der Waals surface area contributed by atoms with Crippen molar-refractivity contribution in [3.8, 4) is 6.07 Å². The average Bonchev–Trinajstić information content (AvgIpc) is 2.29. The Labute approximate surface area is 123 Å². The summed E-state index contributed by atoms with van der Waals surface area (Å²) in [6.45, 7) is 2.05. The fourth-order valence-electron chi connectivity index (χ4n) is 2.31. The molecule has 0 atom stereocenters. The Hall–Kier alpha value is -0.860. The van der Waals surface area contributed by atoms with E-state index >= 15 is 0 Å². The minimum absolute atomic E-state index is 0.212. The second-order valence-electron chi connectivity index (χ2n) is 4.76. The molecule has 1 N–H and O–H groups in total. The summed E-state index contributed by atoms with van der Waals surface area (Å²) in [5.41, 5.74) is -0.176. The average molecular weight is 372 g/mol. The van der Waals surface area contributed by atoms with Crippen LogP contribution in [-0.4, -0.2) is 5.91 Å². The molecule has 1 aromatic rings. The normalized spacial score (nSPS) is 26.0. The molecular weight excluding hydrogens is 360 g/mol. The van der Waals surface area contributed by atoms with E-state index in [1.54, 1.807) is 0 Å². The van der Waals surface area contributed by atoms with Crippen LogP contribution in [0.4, 0.5) is 5.69 Å². The Balaban J connectivity index is 2.20. The number of hydrogen-bond acceptors (Lipinski definition) is 2. The van der Waals surface area contributed by atoms with E-state index < -0.39 is 5.41 Å². The molecule has 0 saturated heterocycles. The van der Waals surface area contributed by atoms with Crippen LogP contribution >= 0.6 is 31.9 Å². The Morgan fingerprint density at radius 2 is 2.00 bits per heavy atom. The maximum absolute atomic E-state index is 12.2. The van der Waals surface area contributed by atoms with E-state index in [0.29, 0.717) is 24.4 Å². The van der Waals surface area contributed by atoms with Crippen LogP contribution in [0.5, 0.6) is 0 Å². The summed E-state index contributed by atoms with van der Waals surface area (Å²) in [4.78, 5) is 12.2. The fourth-order valence-corrected chi connectivity index (χ4v) is 3.50. The molecule has 0 spiro atoms. The standard InChI is InChI=1S/C13H12Br2N2O/c1-8-5-13(6-8,7-16)12(18)17-11-9(14)3-2-4-10(11)15/h2-4,8H,5-6H2,1H3,(H,17,18). The maximum Gasteiger partial charge on any atom is 0.244 e. The number of nitriles is 1. The third-order valence-corrected chi connectivity index (χ3v) is 4.57. The van der Waals surface area contributed by atoms with Gasteiger partial charge in [-0.3, -0.25) is 4.79 Å². The SMILES string of the molecule is CC1CC(C#N)(C(=O)Nc2c(Br)cccc2Br)C1. The minimum Gasteiger partial charge on any atom is -0.323 e. The van der Waals surface area contributed by atoms with Gasteiger partial charge in [0.05, 0.1) is 11.8 Å². The van der Waals surface area contributed by atoms with E-state index in [1.807, 2.05) is 18.2 Å². The Bertz CT molecular complexity index is 510. The lowest BCUT2D eigenvalue weighted by molar-refractivity contribution is -0.128. The first-order valence-electron chi connectivity index (χ1n) is 5.65. The Morgan fingerprint density at radius 3 is 2.44 bits per heavy atom. The van der Waals surface area contributed by atoms with Gasteiger partial charge in [-0.1, -0.05) is 13.0 Å². The summed E-state index contributed by atoms with van der Waals surface area (Å²) in [5.74, 6) is 0.230. The number of amides is 1. The van der Waals surface area contributed by atoms with Gasteiger partial charge in [0.25, 0.3) is 0 Å². The van der Waals surface area contributed by atoms with Crippen molar-refractivity contribution < 1.29 is 4.79 Å². The predicted octanol–water partition coefficient (Wildman–Crippen LogP) is 4.09. The lowest BCUT2D eigenvalue weighted by Crippen LogP contribution is -2.45. The molecular formula is C13H12Br2N2O. The third-order valence-electron chi connectivity index (χ3n) is 3.24. The predicted molar refractivity (Wildman–Crippen MR) is 76.9 cm³/mol. The van der Waals surface area contributed by atoms with Crippen molar-refractivity contribution in [1.29, 1.82) is 5.26 Å². The molecule has 0 aromatic heterocycles. The summed E-state index contributed by atoms with van der Waals surface area (Å²) < 4.78 is 1.59. The van der Waals surface area contributed by atoms with Crippen LogP contribution in [0.25, 0.3) is 0 Å². The lowest BCUT2D eigenvalue weighted by atomic mass is 9.63. The largest absolute Gasteiger partial charge is 0.323 e. The van der Waals surface area contributed by atoms with Gasteiger partial charge >= 0.3 is 0 Å². The molecule has 0 unspecified atom stereocenters. The topological polar surface area (TPSA) is 52.9 Å². The van der Waals surface area contributed by atoms with Crippen LogP contribution in [0.3, 0.4) is 0 Å². The fraction of sp³-hybridized carbons (Fsp3) is 0.385. The molecule has 2 rings (SSSR count). The van der Waals surface area contributed by atoms with Gasteiger partial charge in [-0.2, -0.15) is 5.26 Å². The Morgan fingerprint density at radius 1 is 1.44 bits per heavy atom.